The molecule has 1 aromatic heterocycles. The predicted molar refractivity (Wildman–Crippen MR) is 82.4 cm³/mol. The average molecular weight is 280 g/mol. The van der Waals surface area contributed by atoms with Gasteiger partial charge >= 0.3 is 0 Å². The van der Waals surface area contributed by atoms with Gasteiger partial charge in [-0.05, 0) is 36.8 Å². The van der Waals surface area contributed by atoms with Crippen molar-refractivity contribution in [1.29, 1.82) is 0 Å². The van der Waals surface area contributed by atoms with Crippen molar-refractivity contribution in [1.82, 2.24) is 15.2 Å². The zero-order valence-corrected chi connectivity index (χ0v) is 11.9. The molecule has 21 heavy (non-hydrogen) atoms. The summed E-state index contributed by atoms with van der Waals surface area (Å²) in [4.78, 5) is 4.47. The minimum absolute atomic E-state index is 0.0823. The maximum absolute atomic E-state index is 5.16. The van der Waals surface area contributed by atoms with E-state index in [4.69, 9.17) is 4.74 Å². The molecule has 0 aliphatic carbocycles. The van der Waals surface area contributed by atoms with Crippen LogP contribution in [0.4, 0.5) is 5.95 Å². The normalized spacial score (nSPS) is 12.1. The summed E-state index contributed by atoms with van der Waals surface area (Å²) >= 11 is 0. The number of methoxy groups -OCH3 is 1. The van der Waals surface area contributed by atoms with Crippen molar-refractivity contribution in [2.45, 2.75) is 13.0 Å². The summed E-state index contributed by atoms with van der Waals surface area (Å²) < 4.78 is 5.16. The monoisotopic (exact) mass is 280 g/mol. The smallest absolute Gasteiger partial charge is 0.243 e. The van der Waals surface area contributed by atoms with Gasteiger partial charge in [0.1, 0.15) is 11.3 Å². The molecular formula is C16H16N4O. The van der Waals surface area contributed by atoms with E-state index in [0.717, 1.165) is 22.3 Å². The number of hydrogen-bond acceptors (Lipinski definition) is 5. The standard InChI is InChI=1S/C16H16N4O/c1-11(12-7-9-13(21-2)10-8-12)17-16-18-14-5-3-4-6-15(14)19-20-16/h3-11H,1-2H3,(H,17,18,20). The van der Waals surface area contributed by atoms with Gasteiger partial charge in [-0.25, -0.2) is 4.98 Å². The third-order valence-electron chi connectivity index (χ3n) is 3.32. The lowest BCUT2D eigenvalue weighted by Gasteiger charge is -2.14. The summed E-state index contributed by atoms with van der Waals surface area (Å²) in [5, 5.41) is 11.5. The van der Waals surface area contributed by atoms with E-state index in [1.165, 1.54) is 0 Å². The Labute approximate surface area is 123 Å². The summed E-state index contributed by atoms with van der Waals surface area (Å²) in [6, 6.07) is 15.7. The van der Waals surface area contributed by atoms with E-state index >= 15 is 0 Å². The first kappa shape index (κ1) is 13.3. The van der Waals surface area contributed by atoms with Crippen LogP contribution in [0.2, 0.25) is 0 Å². The Balaban J connectivity index is 1.79. The Morgan fingerprint density at radius 1 is 0.952 bits per heavy atom. The van der Waals surface area contributed by atoms with E-state index in [1.807, 2.05) is 48.5 Å². The quantitative estimate of drug-likeness (QED) is 0.795. The van der Waals surface area contributed by atoms with Gasteiger partial charge in [-0.1, -0.05) is 24.3 Å². The maximum atomic E-state index is 5.16. The number of benzene rings is 2. The number of fused-ring (bicyclic) bond motifs is 1. The van der Waals surface area contributed by atoms with Gasteiger partial charge in [0.25, 0.3) is 0 Å². The highest BCUT2D eigenvalue weighted by Gasteiger charge is 2.08. The highest BCUT2D eigenvalue weighted by molar-refractivity contribution is 5.74. The molecule has 2 aromatic carbocycles. The number of hydrogen-bond donors (Lipinski definition) is 1. The van der Waals surface area contributed by atoms with E-state index in [2.05, 4.69) is 27.4 Å². The number of rotatable bonds is 4. The molecular weight excluding hydrogens is 264 g/mol. The van der Waals surface area contributed by atoms with Gasteiger partial charge in [0, 0.05) is 0 Å². The third kappa shape index (κ3) is 2.91. The molecule has 1 unspecified atom stereocenters. The SMILES string of the molecule is COc1ccc(C(C)Nc2nnc3ccccc3n2)cc1. The summed E-state index contributed by atoms with van der Waals surface area (Å²) in [7, 11) is 1.66. The summed E-state index contributed by atoms with van der Waals surface area (Å²) in [6.07, 6.45) is 0. The van der Waals surface area contributed by atoms with Crippen molar-refractivity contribution >= 4 is 17.0 Å². The molecule has 0 bridgehead atoms. The van der Waals surface area contributed by atoms with E-state index in [1.54, 1.807) is 7.11 Å². The van der Waals surface area contributed by atoms with Crippen LogP contribution in [-0.4, -0.2) is 22.3 Å². The molecule has 106 valence electrons. The summed E-state index contributed by atoms with van der Waals surface area (Å²) in [6.45, 7) is 2.06. The number of ether oxygens (including phenoxy) is 1. The molecule has 1 atom stereocenters. The van der Waals surface area contributed by atoms with Crippen molar-refractivity contribution in [3.63, 3.8) is 0 Å². The van der Waals surface area contributed by atoms with Crippen LogP contribution >= 0.6 is 0 Å². The minimum Gasteiger partial charge on any atom is -0.497 e. The number of nitrogens with one attached hydrogen (secondary N) is 1. The summed E-state index contributed by atoms with van der Waals surface area (Å²) in [5.41, 5.74) is 2.75. The molecule has 5 nitrogen and oxygen atoms in total. The molecule has 3 aromatic rings. The van der Waals surface area contributed by atoms with Crippen LogP contribution in [0.15, 0.2) is 48.5 Å². The molecule has 0 saturated heterocycles. The maximum Gasteiger partial charge on any atom is 0.243 e. The first-order chi connectivity index (χ1) is 10.3. The molecule has 0 aliphatic rings. The Hall–Kier alpha value is -2.69. The highest BCUT2D eigenvalue weighted by atomic mass is 16.5. The van der Waals surface area contributed by atoms with Crippen LogP contribution in [0.25, 0.3) is 11.0 Å². The van der Waals surface area contributed by atoms with Crippen LogP contribution in [0.5, 0.6) is 5.75 Å². The van der Waals surface area contributed by atoms with E-state index in [0.29, 0.717) is 5.95 Å². The molecule has 0 radical (unpaired) electrons. The Morgan fingerprint density at radius 2 is 1.67 bits per heavy atom. The van der Waals surface area contributed by atoms with Crippen molar-refractivity contribution in [2.24, 2.45) is 0 Å². The Bertz CT molecular complexity index is 743. The third-order valence-corrected chi connectivity index (χ3v) is 3.32. The second kappa shape index (κ2) is 5.75. The van der Waals surface area contributed by atoms with Crippen molar-refractivity contribution in [2.75, 3.05) is 12.4 Å². The Kier molecular flexibility index (Phi) is 3.64. The zero-order chi connectivity index (χ0) is 14.7. The lowest BCUT2D eigenvalue weighted by Crippen LogP contribution is -2.10. The number of anilines is 1. The first-order valence-electron chi connectivity index (χ1n) is 6.76. The van der Waals surface area contributed by atoms with Gasteiger partial charge in [-0.15, -0.1) is 10.2 Å². The van der Waals surface area contributed by atoms with Crippen LogP contribution in [-0.2, 0) is 0 Å². The van der Waals surface area contributed by atoms with Crippen molar-refractivity contribution < 1.29 is 4.74 Å². The topological polar surface area (TPSA) is 59.9 Å². The molecule has 0 aliphatic heterocycles. The van der Waals surface area contributed by atoms with Gasteiger partial charge in [0.2, 0.25) is 5.95 Å². The lowest BCUT2D eigenvalue weighted by molar-refractivity contribution is 0.414. The van der Waals surface area contributed by atoms with Crippen molar-refractivity contribution in [3.8, 4) is 5.75 Å². The fourth-order valence-electron chi connectivity index (χ4n) is 2.11. The highest BCUT2D eigenvalue weighted by Crippen LogP contribution is 2.20. The average Bonchev–Trinajstić information content (AvgIpc) is 2.55. The van der Waals surface area contributed by atoms with Crippen LogP contribution in [0, 0.1) is 0 Å². The van der Waals surface area contributed by atoms with E-state index < -0.39 is 0 Å². The molecule has 0 spiro atoms. The van der Waals surface area contributed by atoms with Gasteiger partial charge < -0.3 is 10.1 Å². The number of aromatic nitrogens is 3. The fourth-order valence-corrected chi connectivity index (χ4v) is 2.11. The van der Waals surface area contributed by atoms with Crippen LogP contribution in [0.1, 0.15) is 18.5 Å². The molecule has 3 rings (SSSR count). The number of nitrogens with zero attached hydrogens (tertiary/aromatic N) is 3. The largest absolute Gasteiger partial charge is 0.497 e. The van der Waals surface area contributed by atoms with Gasteiger partial charge in [-0.3, -0.25) is 0 Å². The Morgan fingerprint density at radius 3 is 2.38 bits per heavy atom. The molecule has 0 fully saturated rings. The van der Waals surface area contributed by atoms with Crippen molar-refractivity contribution in [3.05, 3.63) is 54.1 Å². The number of para-hydroxylation sites is 1. The van der Waals surface area contributed by atoms with E-state index in [-0.39, 0.29) is 6.04 Å². The van der Waals surface area contributed by atoms with E-state index in [9.17, 15) is 0 Å². The minimum atomic E-state index is 0.0823. The summed E-state index contributed by atoms with van der Waals surface area (Å²) in [5.74, 6) is 1.37. The second-order valence-corrected chi connectivity index (χ2v) is 4.76. The van der Waals surface area contributed by atoms with Gasteiger partial charge in [0.15, 0.2) is 0 Å². The molecule has 0 amide bonds. The van der Waals surface area contributed by atoms with Crippen LogP contribution < -0.4 is 10.1 Å². The zero-order valence-electron chi connectivity index (χ0n) is 11.9. The van der Waals surface area contributed by atoms with Crippen LogP contribution in [0.3, 0.4) is 0 Å². The molecule has 1 N–H and O–H groups in total. The first-order valence-corrected chi connectivity index (χ1v) is 6.76. The molecule has 0 saturated carbocycles. The van der Waals surface area contributed by atoms with Gasteiger partial charge in [0.05, 0.1) is 18.7 Å². The van der Waals surface area contributed by atoms with Gasteiger partial charge in [-0.2, -0.15) is 0 Å². The predicted octanol–water partition coefficient (Wildman–Crippen LogP) is 3.21. The fraction of sp³-hybridized carbons (Fsp3) is 0.188. The lowest BCUT2D eigenvalue weighted by atomic mass is 10.1. The second-order valence-electron chi connectivity index (χ2n) is 4.76. The molecule has 1 heterocycles. The molecule has 5 heteroatoms.